The van der Waals surface area contributed by atoms with Gasteiger partial charge in [0.1, 0.15) is 12.4 Å². The number of carbonyl (C=O) groups excluding carboxylic acids is 1. The Hall–Kier alpha value is -2.83. The molecule has 0 fully saturated rings. The van der Waals surface area contributed by atoms with E-state index in [1.165, 1.54) is 0 Å². The summed E-state index contributed by atoms with van der Waals surface area (Å²) < 4.78 is 12.2. The molecule has 0 saturated carbocycles. The molecule has 2 aromatic carbocycles. The minimum Gasteiger partial charge on any atom is -0.491 e. The fraction of sp³-hybridized carbons (Fsp3) is 0.200. The molecule has 27 heavy (non-hydrogen) atoms. The maximum absolute atomic E-state index is 12.2. The van der Waals surface area contributed by atoms with Gasteiger partial charge in [-0.1, -0.05) is 29.8 Å². The summed E-state index contributed by atoms with van der Waals surface area (Å²) in [4.78, 5) is 12.2. The number of ether oxygens (including phenoxy) is 2. The summed E-state index contributed by atoms with van der Waals surface area (Å²) in [5.41, 5.74) is 2.41. The average Bonchev–Trinajstić information content (AvgIpc) is 3.12. The first-order valence-electron chi connectivity index (χ1n) is 8.49. The third kappa shape index (κ3) is 4.48. The Bertz CT molecular complexity index is 939. The summed E-state index contributed by atoms with van der Waals surface area (Å²) in [6.45, 7) is 2.14. The monoisotopic (exact) mass is 386 g/mol. The van der Waals surface area contributed by atoms with Crippen molar-refractivity contribution >= 4 is 17.6 Å². The number of aliphatic hydroxyl groups excluding tert-OH is 1. The van der Waals surface area contributed by atoms with Gasteiger partial charge < -0.3 is 14.6 Å². The van der Waals surface area contributed by atoms with Gasteiger partial charge >= 0.3 is 5.97 Å². The van der Waals surface area contributed by atoms with Crippen molar-refractivity contribution < 1.29 is 19.4 Å². The molecular formula is C20H19ClN2O4. The Labute approximate surface area is 161 Å². The van der Waals surface area contributed by atoms with Crippen LogP contribution in [0.4, 0.5) is 0 Å². The molecule has 0 radical (unpaired) electrons. The lowest BCUT2D eigenvalue weighted by molar-refractivity contribution is 0.0519. The van der Waals surface area contributed by atoms with E-state index in [0.717, 1.165) is 11.3 Å². The molecule has 1 aromatic heterocycles. The van der Waals surface area contributed by atoms with Crippen LogP contribution in [-0.2, 0) is 4.74 Å². The predicted molar refractivity (Wildman–Crippen MR) is 103 cm³/mol. The SMILES string of the molecule is CCOC(=O)c1cc(-c2cccc(OCCO)c2)n(-c2cccc(Cl)c2)n1. The van der Waals surface area contributed by atoms with Gasteiger partial charge in [0.05, 0.1) is 24.6 Å². The molecule has 0 aliphatic heterocycles. The van der Waals surface area contributed by atoms with E-state index in [-0.39, 0.29) is 25.5 Å². The minimum atomic E-state index is -0.493. The zero-order valence-corrected chi connectivity index (χ0v) is 15.5. The molecule has 0 aliphatic rings. The van der Waals surface area contributed by atoms with Crippen LogP contribution in [0.2, 0.25) is 5.02 Å². The number of nitrogens with zero attached hydrogens (tertiary/aromatic N) is 2. The second kappa shape index (κ2) is 8.70. The highest BCUT2D eigenvalue weighted by molar-refractivity contribution is 6.30. The Morgan fingerprint density at radius 3 is 2.74 bits per heavy atom. The van der Waals surface area contributed by atoms with Crippen LogP contribution in [-0.4, -0.2) is 40.7 Å². The Kier molecular flexibility index (Phi) is 6.11. The van der Waals surface area contributed by atoms with Crippen LogP contribution in [0, 0.1) is 0 Å². The van der Waals surface area contributed by atoms with Gasteiger partial charge in [-0.05, 0) is 43.3 Å². The van der Waals surface area contributed by atoms with E-state index in [0.29, 0.717) is 16.5 Å². The molecule has 140 valence electrons. The summed E-state index contributed by atoms with van der Waals surface area (Å²) in [6.07, 6.45) is 0. The number of hydrogen-bond acceptors (Lipinski definition) is 5. The number of benzene rings is 2. The molecule has 6 nitrogen and oxygen atoms in total. The summed E-state index contributed by atoms with van der Waals surface area (Å²) in [5, 5.41) is 13.9. The van der Waals surface area contributed by atoms with Gasteiger partial charge in [0.25, 0.3) is 0 Å². The quantitative estimate of drug-likeness (QED) is 0.626. The fourth-order valence-electron chi connectivity index (χ4n) is 2.60. The van der Waals surface area contributed by atoms with E-state index in [1.807, 2.05) is 30.3 Å². The molecule has 0 spiro atoms. The Morgan fingerprint density at radius 2 is 2.00 bits per heavy atom. The van der Waals surface area contributed by atoms with Crippen molar-refractivity contribution in [2.75, 3.05) is 19.8 Å². The molecular weight excluding hydrogens is 368 g/mol. The molecule has 3 aromatic rings. The predicted octanol–water partition coefficient (Wildman–Crippen LogP) is 3.74. The van der Waals surface area contributed by atoms with Gasteiger partial charge in [0.15, 0.2) is 5.69 Å². The Morgan fingerprint density at radius 1 is 1.19 bits per heavy atom. The average molecular weight is 387 g/mol. The molecule has 0 amide bonds. The van der Waals surface area contributed by atoms with Crippen LogP contribution >= 0.6 is 11.6 Å². The molecule has 0 unspecified atom stereocenters. The summed E-state index contributed by atoms with van der Waals surface area (Å²) in [5.74, 6) is 0.116. The normalized spacial score (nSPS) is 10.6. The van der Waals surface area contributed by atoms with Crippen molar-refractivity contribution in [3.63, 3.8) is 0 Å². The summed E-state index contributed by atoms with van der Waals surface area (Å²) in [6, 6.07) is 16.2. The number of aromatic nitrogens is 2. The maximum atomic E-state index is 12.2. The first kappa shape index (κ1) is 18.9. The zero-order chi connectivity index (χ0) is 19.2. The van der Waals surface area contributed by atoms with Crippen LogP contribution in [0.25, 0.3) is 16.9 Å². The van der Waals surface area contributed by atoms with Crippen molar-refractivity contribution in [3.05, 3.63) is 65.3 Å². The lowest BCUT2D eigenvalue weighted by Crippen LogP contribution is -2.06. The molecule has 0 saturated heterocycles. The molecule has 3 rings (SSSR count). The van der Waals surface area contributed by atoms with Crippen molar-refractivity contribution in [3.8, 4) is 22.7 Å². The molecule has 1 N–H and O–H groups in total. The van der Waals surface area contributed by atoms with E-state index in [2.05, 4.69) is 5.10 Å². The van der Waals surface area contributed by atoms with E-state index >= 15 is 0 Å². The van der Waals surface area contributed by atoms with Crippen LogP contribution in [0.1, 0.15) is 17.4 Å². The van der Waals surface area contributed by atoms with Crippen LogP contribution in [0.15, 0.2) is 54.6 Å². The molecule has 1 heterocycles. The van der Waals surface area contributed by atoms with Gasteiger partial charge in [0.2, 0.25) is 0 Å². The highest BCUT2D eigenvalue weighted by Crippen LogP contribution is 2.28. The van der Waals surface area contributed by atoms with Gasteiger partial charge in [-0.25, -0.2) is 9.48 Å². The topological polar surface area (TPSA) is 73.6 Å². The number of halogens is 1. The van der Waals surface area contributed by atoms with E-state index in [4.69, 9.17) is 26.2 Å². The fourth-order valence-corrected chi connectivity index (χ4v) is 2.79. The van der Waals surface area contributed by atoms with Gasteiger partial charge in [-0.15, -0.1) is 0 Å². The maximum Gasteiger partial charge on any atom is 0.358 e. The van der Waals surface area contributed by atoms with Crippen molar-refractivity contribution in [1.29, 1.82) is 0 Å². The second-order valence-corrected chi connectivity index (χ2v) is 6.06. The van der Waals surface area contributed by atoms with Crippen LogP contribution in [0.3, 0.4) is 0 Å². The molecule has 0 atom stereocenters. The minimum absolute atomic E-state index is 0.0717. The molecule has 0 bridgehead atoms. The van der Waals surface area contributed by atoms with Crippen molar-refractivity contribution in [2.45, 2.75) is 6.92 Å². The highest BCUT2D eigenvalue weighted by Gasteiger charge is 2.18. The third-order valence-electron chi connectivity index (χ3n) is 3.74. The lowest BCUT2D eigenvalue weighted by atomic mass is 10.1. The van der Waals surface area contributed by atoms with E-state index in [9.17, 15) is 4.79 Å². The molecule has 0 aliphatic carbocycles. The third-order valence-corrected chi connectivity index (χ3v) is 3.97. The van der Waals surface area contributed by atoms with Gasteiger partial charge in [0, 0.05) is 10.6 Å². The second-order valence-electron chi connectivity index (χ2n) is 5.63. The van der Waals surface area contributed by atoms with E-state index in [1.54, 1.807) is 35.9 Å². The van der Waals surface area contributed by atoms with Crippen molar-refractivity contribution in [1.82, 2.24) is 9.78 Å². The largest absolute Gasteiger partial charge is 0.491 e. The number of carbonyl (C=O) groups is 1. The van der Waals surface area contributed by atoms with Gasteiger partial charge in [-0.2, -0.15) is 5.10 Å². The smallest absolute Gasteiger partial charge is 0.358 e. The standard InChI is InChI=1S/C20H19ClN2O4/c1-2-26-20(25)18-13-19(14-5-3-8-17(11-14)27-10-9-24)23(22-18)16-7-4-6-15(21)12-16/h3-8,11-13,24H,2,9-10H2,1H3. The summed E-state index contributed by atoms with van der Waals surface area (Å²) in [7, 11) is 0. The number of rotatable bonds is 7. The lowest BCUT2D eigenvalue weighted by Gasteiger charge is -2.10. The summed E-state index contributed by atoms with van der Waals surface area (Å²) >= 11 is 6.12. The van der Waals surface area contributed by atoms with Gasteiger partial charge in [-0.3, -0.25) is 0 Å². The number of hydrogen-bond donors (Lipinski definition) is 1. The Balaban J connectivity index is 2.09. The first-order chi connectivity index (χ1) is 13.1. The highest BCUT2D eigenvalue weighted by atomic mass is 35.5. The van der Waals surface area contributed by atoms with Crippen LogP contribution < -0.4 is 4.74 Å². The number of esters is 1. The first-order valence-corrected chi connectivity index (χ1v) is 8.87. The van der Waals surface area contributed by atoms with Crippen LogP contribution in [0.5, 0.6) is 5.75 Å². The zero-order valence-electron chi connectivity index (χ0n) is 14.8. The number of aliphatic hydroxyl groups is 1. The molecule has 7 heteroatoms. The van der Waals surface area contributed by atoms with E-state index < -0.39 is 5.97 Å². The van der Waals surface area contributed by atoms with Crippen molar-refractivity contribution in [2.24, 2.45) is 0 Å².